The average molecular weight is 312 g/mol. The summed E-state index contributed by atoms with van der Waals surface area (Å²) in [4.78, 5) is 2.45. The fraction of sp³-hybridized carbons (Fsp3) is 0.600. The van der Waals surface area contributed by atoms with Gasteiger partial charge in [0.15, 0.2) is 0 Å². The van der Waals surface area contributed by atoms with Crippen molar-refractivity contribution in [3.05, 3.63) is 28.2 Å². The number of aliphatic hydroxyl groups excluding tert-OH is 1. The third-order valence-corrected chi connectivity index (χ3v) is 4.65. The molecule has 2 atom stereocenters. The van der Waals surface area contributed by atoms with E-state index < -0.39 is 6.10 Å². The summed E-state index contributed by atoms with van der Waals surface area (Å²) in [6.07, 6.45) is 0.864. The lowest BCUT2D eigenvalue weighted by atomic mass is 9.95. The van der Waals surface area contributed by atoms with Crippen molar-refractivity contribution in [1.82, 2.24) is 0 Å². The topological polar surface area (TPSA) is 23.5 Å². The van der Waals surface area contributed by atoms with Crippen LogP contribution in [0.15, 0.2) is 22.7 Å². The number of benzene rings is 1. The summed E-state index contributed by atoms with van der Waals surface area (Å²) in [5, 5.41) is 9.63. The van der Waals surface area contributed by atoms with Crippen molar-refractivity contribution in [2.45, 2.75) is 33.3 Å². The van der Waals surface area contributed by atoms with Gasteiger partial charge in [-0.25, -0.2) is 0 Å². The van der Waals surface area contributed by atoms with Gasteiger partial charge in [0.1, 0.15) is 0 Å². The Balaban J connectivity index is 2.13. The maximum absolute atomic E-state index is 9.63. The summed E-state index contributed by atoms with van der Waals surface area (Å²) in [6.45, 7) is 8.70. The van der Waals surface area contributed by atoms with Crippen LogP contribution in [0.25, 0.3) is 0 Å². The lowest BCUT2D eigenvalue weighted by Crippen LogP contribution is -2.21. The molecule has 1 N–H and O–H groups in total. The van der Waals surface area contributed by atoms with Crippen molar-refractivity contribution < 1.29 is 5.11 Å². The molecule has 0 spiro atoms. The molecule has 0 radical (unpaired) electrons. The van der Waals surface area contributed by atoms with E-state index in [1.54, 1.807) is 6.92 Å². The molecule has 0 saturated carbocycles. The van der Waals surface area contributed by atoms with E-state index in [1.165, 1.54) is 12.1 Å². The van der Waals surface area contributed by atoms with E-state index in [2.05, 4.69) is 46.8 Å². The maximum Gasteiger partial charge on any atom is 0.0772 e. The molecule has 100 valence electrons. The third-order valence-electron chi connectivity index (χ3n) is 3.97. The second-order valence-electron chi connectivity index (χ2n) is 5.62. The number of anilines is 1. The zero-order valence-electron chi connectivity index (χ0n) is 11.4. The van der Waals surface area contributed by atoms with Crippen LogP contribution in [0.4, 0.5) is 5.69 Å². The van der Waals surface area contributed by atoms with Crippen LogP contribution < -0.4 is 4.90 Å². The van der Waals surface area contributed by atoms with Crippen molar-refractivity contribution in [1.29, 1.82) is 0 Å². The van der Waals surface area contributed by atoms with Gasteiger partial charge in [0.2, 0.25) is 0 Å². The highest BCUT2D eigenvalue weighted by atomic mass is 79.9. The number of hydrogen-bond donors (Lipinski definition) is 1. The first-order chi connectivity index (χ1) is 8.49. The summed E-state index contributed by atoms with van der Waals surface area (Å²) < 4.78 is 1.00. The van der Waals surface area contributed by atoms with Crippen LogP contribution in [-0.2, 0) is 0 Å². The van der Waals surface area contributed by atoms with Crippen LogP contribution in [0.2, 0.25) is 0 Å². The van der Waals surface area contributed by atoms with Crippen LogP contribution in [-0.4, -0.2) is 18.2 Å². The maximum atomic E-state index is 9.63. The second kappa shape index (κ2) is 5.62. The van der Waals surface area contributed by atoms with Crippen molar-refractivity contribution in [3.63, 3.8) is 0 Å². The van der Waals surface area contributed by atoms with Crippen molar-refractivity contribution in [2.75, 3.05) is 18.0 Å². The van der Waals surface area contributed by atoms with Crippen molar-refractivity contribution in [2.24, 2.45) is 11.8 Å². The van der Waals surface area contributed by atoms with Gasteiger partial charge in [-0.15, -0.1) is 0 Å². The standard InChI is InChI=1S/C15H22BrNO/c1-10(2)12-6-7-17(9-12)13-4-5-14(11(3)18)15(16)8-13/h4-5,8,10-12,18H,6-7,9H2,1-3H3. The average Bonchev–Trinajstić information content (AvgIpc) is 2.77. The Kier molecular flexibility index (Phi) is 4.33. The first kappa shape index (κ1) is 13.9. The molecule has 1 aromatic carbocycles. The first-order valence-corrected chi connectivity index (χ1v) is 7.50. The Morgan fingerprint density at radius 3 is 2.56 bits per heavy atom. The summed E-state index contributed by atoms with van der Waals surface area (Å²) in [5.74, 6) is 1.57. The minimum atomic E-state index is -0.421. The molecule has 3 heteroatoms. The van der Waals surface area contributed by atoms with Crippen LogP contribution in [0, 0.1) is 11.8 Å². The third kappa shape index (κ3) is 2.89. The van der Waals surface area contributed by atoms with Crippen LogP contribution in [0.3, 0.4) is 0 Å². The van der Waals surface area contributed by atoms with E-state index in [9.17, 15) is 5.11 Å². The predicted octanol–water partition coefficient (Wildman–Crippen LogP) is 3.98. The van der Waals surface area contributed by atoms with E-state index in [1.807, 2.05) is 6.07 Å². The summed E-state index contributed by atoms with van der Waals surface area (Å²) in [7, 11) is 0. The quantitative estimate of drug-likeness (QED) is 0.912. The van der Waals surface area contributed by atoms with Crippen LogP contribution >= 0.6 is 15.9 Å². The number of nitrogens with zero attached hydrogens (tertiary/aromatic N) is 1. The zero-order valence-corrected chi connectivity index (χ0v) is 12.9. The van der Waals surface area contributed by atoms with E-state index in [0.29, 0.717) is 0 Å². The SMILES string of the molecule is CC(O)c1ccc(N2CCC(C(C)C)C2)cc1Br. The Hall–Kier alpha value is -0.540. The van der Waals surface area contributed by atoms with Gasteiger partial charge in [-0.05, 0) is 42.9 Å². The Morgan fingerprint density at radius 1 is 1.33 bits per heavy atom. The molecule has 0 aromatic heterocycles. The second-order valence-corrected chi connectivity index (χ2v) is 6.47. The molecule has 0 aliphatic carbocycles. The lowest BCUT2D eigenvalue weighted by Gasteiger charge is -2.21. The Labute approximate surface area is 118 Å². The Bertz CT molecular complexity index is 417. The van der Waals surface area contributed by atoms with Crippen molar-refractivity contribution in [3.8, 4) is 0 Å². The summed E-state index contributed by atoms with van der Waals surface area (Å²) >= 11 is 3.55. The Morgan fingerprint density at radius 2 is 2.06 bits per heavy atom. The van der Waals surface area contributed by atoms with E-state index in [-0.39, 0.29) is 0 Å². The molecule has 1 fully saturated rings. The molecule has 2 rings (SSSR count). The molecule has 0 amide bonds. The number of rotatable bonds is 3. The van der Waals surface area contributed by atoms with Gasteiger partial charge >= 0.3 is 0 Å². The largest absolute Gasteiger partial charge is 0.389 e. The van der Waals surface area contributed by atoms with Gasteiger partial charge in [0, 0.05) is 23.2 Å². The number of aliphatic hydroxyl groups is 1. The van der Waals surface area contributed by atoms with Gasteiger partial charge in [-0.1, -0.05) is 35.8 Å². The smallest absolute Gasteiger partial charge is 0.0772 e. The van der Waals surface area contributed by atoms with Crippen molar-refractivity contribution >= 4 is 21.6 Å². The van der Waals surface area contributed by atoms with E-state index in [0.717, 1.165) is 35.0 Å². The monoisotopic (exact) mass is 311 g/mol. The normalized spacial score (nSPS) is 21.7. The molecular weight excluding hydrogens is 290 g/mol. The van der Waals surface area contributed by atoms with Crippen LogP contribution in [0.5, 0.6) is 0 Å². The molecule has 2 unspecified atom stereocenters. The molecule has 1 heterocycles. The molecule has 1 aliphatic rings. The van der Waals surface area contributed by atoms with Gasteiger partial charge in [-0.3, -0.25) is 0 Å². The summed E-state index contributed by atoms with van der Waals surface area (Å²) in [5.41, 5.74) is 2.22. The van der Waals surface area contributed by atoms with E-state index >= 15 is 0 Å². The zero-order chi connectivity index (χ0) is 13.3. The molecule has 0 bridgehead atoms. The highest BCUT2D eigenvalue weighted by molar-refractivity contribution is 9.10. The minimum absolute atomic E-state index is 0.421. The van der Waals surface area contributed by atoms with Gasteiger partial charge in [-0.2, -0.15) is 0 Å². The molecule has 2 nitrogen and oxygen atoms in total. The summed E-state index contributed by atoms with van der Waals surface area (Å²) in [6, 6.07) is 6.27. The minimum Gasteiger partial charge on any atom is -0.389 e. The fourth-order valence-electron chi connectivity index (χ4n) is 2.62. The van der Waals surface area contributed by atoms with Crippen LogP contribution in [0.1, 0.15) is 38.9 Å². The highest BCUT2D eigenvalue weighted by Gasteiger charge is 2.25. The molecule has 18 heavy (non-hydrogen) atoms. The predicted molar refractivity (Wildman–Crippen MR) is 79.9 cm³/mol. The molecule has 1 aromatic rings. The lowest BCUT2D eigenvalue weighted by molar-refractivity contribution is 0.198. The van der Waals surface area contributed by atoms with Gasteiger partial charge in [0.05, 0.1) is 6.10 Å². The molecular formula is C15H22BrNO. The van der Waals surface area contributed by atoms with E-state index in [4.69, 9.17) is 0 Å². The first-order valence-electron chi connectivity index (χ1n) is 6.71. The number of halogens is 1. The molecule has 1 saturated heterocycles. The molecule has 1 aliphatic heterocycles. The van der Waals surface area contributed by atoms with Gasteiger partial charge in [0.25, 0.3) is 0 Å². The number of hydrogen-bond acceptors (Lipinski definition) is 2. The highest BCUT2D eigenvalue weighted by Crippen LogP contribution is 2.32. The van der Waals surface area contributed by atoms with Gasteiger partial charge < -0.3 is 10.0 Å². The fourth-order valence-corrected chi connectivity index (χ4v) is 3.32.